The summed E-state index contributed by atoms with van der Waals surface area (Å²) in [4.78, 5) is 11.5. The zero-order valence-electron chi connectivity index (χ0n) is 9.06. The zero-order valence-corrected chi connectivity index (χ0v) is 9.88. The summed E-state index contributed by atoms with van der Waals surface area (Å²) in [5, 5.41) is 10.2. The minimum absolute atomic E-state index is 0.211. The average Bonchev–Trinajstić information content (AvgIpc) is 2.34. The molecule has 1 aromatic rings. The minimum Gasteiger partial charge on any atom is -0.351 e. The van der Waals surface area contributed by atoms with Gasteiger partial charge in [-0.3, -0.25) is 4.79 Å². The lowest BCUT2D eigenvalue weighted by atomic mass is 10.3. The Kier molecular flexibility index (Phi) is 5.58. The largest absolute Gasteiger partial charge is 0.351 e. The highest BCUT2D eigenvalue weighted by Crippen LogP contribution is 2.00. The SMILES string of the molecule is CSCCCNC(=O)c1ccc(NN)nn1. The second-order valence-electron chi connectivity index (χ2n) is 3.05. The molecular weight excluding hydrogens is 226 g/mol. The van der Waals surface area contributed by atoms with Crippen LogP contribution in [0.25, 0.3) is 0 Å². The van der Waals surface area contributed by atoms with Crippen LogP contribution in [-0.4, -0.2) is 34.7 Å². The molecule has 1 aromatic heterocycles. The van der Waals surface area contributed by atoms with E-state index < -0.39 is 0 Å². The van der Waals surface area contributed by atoms with E-state index in [1.54, 1.807) is 23.9 Å². The first-order valence-corrected chi connectivity index (χ1v) is 6.25. The highest BCUT2D eigenvalue weighted by atomic mass is 32.2. The molecule has 0 atom stereocenters. The van der Waals surface area contributed by atoms with Crippen molar-refractivity contribution in [2.24, 2.45) is 5.84 Å². The van der Waals surface area contributed by atoms with Gasteiger partial charge in [0.05, 0.1) is 0 Å². The van der Waals surface area contributed by atoms with Gasteiger partial charge in [0.2, 0.25) is 0 Å². The molecule has 7 heteroatoms. The first-order valence-electron chi connectivity index (χ1n) is 4.85. The van der Waals surface area contributed by atoms with Gasteiger partial charge in [-0.05, 0) is 30.6 Å². The number of carbonyl (C=O) groups is 1. The van der Waals surface area contributed by atoms with E-state index in [2.05, 4.69) is 20.9 Å². The molecule has 1 amide bonds. The third-order valence-electron chi connectivity index (χ3n) is 1.86. The molecule has 0 spiro atoms. The van der Waals surface area contributed by atoms with Crippen LogP contribution in [0, 0.1) is 0 Å². The number of anilines is 1. The maximum absolute atomic E-state index is 11.5. The molecule has 0 aromatic carbocycles. The predicted octanol–water partition coefficient (Wildman–Crippen LogP) is 0.245. The van der Waals surface area contributed by atoms with Gasteiger partial charge in [0.1, 0.15) is 0 Å². The number of thioether (sulfide) groups is 1. The lowest BCUT2D eigenvalue weighted by Gasteiger charge is -2.03. The van der Waals surface area contributed by atoms with Crippen molar-refractivity contribution in [3.63, 3.8) is 0 Å². The number of aromatic nitrogens is 2. The van der Waals surface area contributed by atoms with Gasteiger partial charge < -0.3 is 10.7 Å². The summed E-state index contributed by atoms with van der Waals surface area (Å²) < 4.78 is 0. The maximum atomic E-state index is 11.5. The Bertz CT molecular complexity index is 329. The number of nitrogens with one attached hydrogen (secondary N) is 2. The average molecular weight is 241 g/mol. The molecule has 1 heterocycles. The van der Waals surface area contributed by atoms with Crippen molar-refractivity contribution in [2.45, 2.75) is 6.42 Å². The highest BCUT2D eigenvalue weighted by Gasteiger charge is 2.06. The van der Waals surface area contributed by atoms with Crippen LogP contribution in [0.5, 0.6) is 0 Å². The minimum atomic E-state index is -0.211. The number of nitrogens with zero attached hydrogens (tertiary/aromatic N) is 2. The van der Waals surface area contributed by atoms with Crippen molar-refractivity contribution in [2.75, 3.05) is 24.0 Å². The van der Waals surface area contributed by atoms with Crippen LogP contribution in [0.15, 0.2) is 12.1 Å². The van der Waals surface area contributed by atoms with Crippen molar-refractivity contribution >= 4 is 23.5 Å². The standard InChI is InChI=1S/C9H15N5OS/c1-16-6-2-5-11-9(15)7-3-4-8(12-10)14-13-7/h3-4H,2,5-6,10H2,1H3,(H,11,15)(H,12,14). The first kappa shape index (κ1) is 12.7. The van der Waals surface area contributed by atoms with Crippen LogP contribution in [0.2, 0.25) is 0 Å². The normalized spacial score (nSPS) is 9.88. The molecule has 88 valence electrons. The molecule has 0 unspecified atom stereocenters. The summed E-state index contributed by atoms with van der Waals surface area (Å²) in [6, 6.07) is 3.18. The van der Waals surface area contributed by atoms with Gasteiger partial charge in [0.15, 0.2) is 11.5 Å². The Balaban J connectivity index is 2.40. The van der Waals surface area contributed by atoms with Crippen LogP contribution in [0.3, 0.4) is 0 Å². The lowest BCUT2D eigenvalue weighted by molar-refractivity contribution is 0.0948. The van der Waals surface area contributed by atoms with E-state index in [-0.39, 0.29) is 5.91 Å². The smallest absolute Gasteiger partial charge is 0.271 e. The number of carbonyl (C=O) groups excluding carboxylic acids is 1. The number of nitrogen functional groups attached to an aromatic ring is 1. The summed E-state index contributed by atoms with van der Waals surface area (Å²) >= 11 is 1.75. The summed E-state index contributed by atoms with van der Waals surface area (Å²) in [5.74, 6) is 6.38. The molecular formula is C9H15N5OS. The molecule has 0 bridgehead atoms. The maximum Gasteiger partial charge on any atom is 0.271 e. The Labute approximate surface area is 98.4 Å². The summed E-state index contributed by atoms with van der Waals surface area (Å²) in [7, 11) is 0. The second-order valence-corrected chi connectivity index (χ2v) is 4.04. The number of hydrogen-bond acceptors (Lipinski definition) is 6. The lowest BCUT2D eigenvalue weighted by Crippen LogP contribution is -2.26. The molecule has 0 aliphatic heterocycles. The zero-order chi connectivity index (χ0) is 11.8. The van der Waals surface area contributed by atoms with E-state index in [1.165, 1.54) is 0 Å². The van der Waals surface area contributed by atoms with Crippen LogP contribution < -0.4 is 16.6 Å². The first-order chi connectivity index (χ1) is 7.77. The number of rotatable bonds is 6. The highest BCUT2D eigenvalue weighted by molar-refractivity contribution is 7.98. The molecule has 0 saturated carbocycles. The fourth-order valence-corrected chi connectivity index (χ4v) is 1.47. The van der Waals surface area contributed by atoms with E-state index in [4.69, 9.17) is 5.84 Å². The van der Waals surface area contributed by atoms with Gasteiger partial charge in [0, 0.05) is 6.54 Å². The Morgan fingerprint density at radius 3 is 2.88 bits per heavy atom. The van der Waals surface area contributed by atoms with Crippen LogP contribution >= 0.6 is 11.8 Å². The Morgan fingerprint density at radius 2 is 2.31 bits per heavy atom. The monoisotopic (exact) mass is 241 g/mol. The van der Waals surface area contributed by atoms with E-state index in [1.807, 2.05) is 6.26 Å². The molecule has 16 heavy (non-hydrogen) atoms. The van der Waals surface area contributed by atoms with E-state index in [9.17, 15) is 4.79 Å². The van der Waals surface area contributed by atoms with Gasteiger partial charge in [-0.2, -0.15) is 11.8 Å². The molecule has 0 fully saturated rings. The van der Waals surface area contributed by atoms with Crippen molar-refractivity contribution < 1.29 is 4.79 Å². The molecule has 0 saturated heterocycles. The summed E-state index contributed by atoms with van der Waals surface area (Å²) in [6.45, 7) is 0.651. The second kappa shape index (κ2) is 7.02. The van der Waals surface area contributed by atoms with Gasteiger partial charge >= 0.3 is 0 Å². The Morgan fingerprint density at radius 1 is 1.50 bits per heavy atom. The quantitative estimate of drug-likeness (QED) is 0.375. The molecule has 6 nitrogen and oxygen atoms in total. The molecule has 4 N–H and O–H groups in total. The fraction of sp³-hybridized carbons (Fsp3) is 0.444. The molecule has 0 aliphatic rings. The predicted molar refractivity (Wildman–Crippen MR) is 65.2 cm³/mol. The number of amides is 1. The van der Waals surface area contributed by atoms with Crippen molar-refractivity contribution in [3.8, 4) is 0 Å². The summed E-state index contributed by atoms with van der Waals surface area (Å²) in [5.41, 5.74) is 2.64. The number of hydrazine groups is 1. The molecule has 0 radical (unpaired) electrons. The van der Waals surface area contributed by atoms with Gasteiger partial charge in [-0.25, -0.2) is 5.84 Å². The topological polar surface area (TPSA) is 92.9 Å². The van der Waals surface area contributed by atoms with E-state index >= 15 is 0 Å². The molecule has 1 rings (SSSR count). The van der Waals surface area contributed by atoms with Crippen LogP contribution in [-0.2, 0) is 0 Å². The van der Waals surface area contributed by atoms with Crippen molar-refractivity contribution in [1.29, 1.82) is 0 Å². The van der Waals surface area contributed by atoms with E-state index in [0.29, 0.717) is 18.1 Å². The third kappa shape index (κ3) is 4.03. The van der Waals surface area contributed by atoms with Crippen molar-refractivity contribution in [3.05, 3.63) is 17.8 Å². The van der Waals surface area contributed by atoms with Gasteiger partial charge in [-0.1, -0.05) is 0 Å². The van der Waals surface area contributed by atoms with Crippen LogP contribution in [0.1, 0.15) is 16.9 Å². The number of hydrogen-bond donors (Lipinski definition) is 3. The van der Waals surface area contributed by atoms with Gasteiger partial charge in [0.25, 0.3) is 5.91 Å². The molecule has 0 aliphatic carbocycles. The van der Waals surface area contributed by atoms with Crippen LogP contribution in [0.4, 0.5) is 5.82 Å². The summed E-state index contributed by atoms with van der Waals surface area (Å²) in [6.07, 6.45) is 2.98. The number of nitrogens with two attached hydrogens (primary N) is 1. The Hall–Kier alpha value is -1.34. The van der Waals surface area contributed by atoms with Crippen molar-refractivity contribution in [1.82, 2.24) is 15.5 Å². The van der Waals surface area contributed by atoms with E-state index in [0.717, 1.165) is 12.2 Å². The van der Waals surface area contributed by atoms with Gasteiger partial charge in [-0.15, -0.1) is 10.2 Å². The fourth-order valence-electron chi connectivity index (χ4n) is 1.04. The third-order valence-corrected chi connectivity index (χ3v) is 2.55.